The molecule has 0 N–H and O–H groups in total. The molecular formula is C17H17N3S. The predicted molar refractivity (Wildman–Crippen MR) is 86.8 cm³/mol. The Bertz CT molecular complexity index is 732. The molecule has 0 aliphatic heterocycles. The second kappa shape index (κ2) is 6.14. The minimum atomic E-state index is 0.894. The lowest BCUT2D eigenvalue weighted by atomic mass is 10.2. The highest BCUT2D eigenvalue weighted by molar-refractivity contribution is 7.98. The molecule has 0 spiro atoms. The second-order valence-electron chi connectivity index (χ2n) is 5.04. The van der Waals surface area contributed by atoms with Gasteiger partial charge in [-0.3, -0.25) is 4.57 Å². The van der Waals surface area contributed by atoms with Crippen LogP contribution in [0.3, 0.4) is 0 Å². The molecule has 0 aliphatic rings. The van der Waals surface area contributed by atoms with Crippen molar-refractivity contribution >= 4 is 11.8 Å². The smallest absolute Gasteiger partial charge is 0.195 e. The monoisotopic (exact) mass is 295 g/mol. The van der Waals surface area contributed by atoms with Gasteiger partial charge in [-0.25, -0.2) is 0 Å². The second-order valence-corrected chi connectivity index (χ2v) is 5.99. The van der Waals surface area contributed by atoms with Crippen molar-refractivity contribution in [2.24, 2.45) is 0 Å². The molecule has 3 nitrogen and oxygen atoms in total. The molecule has 0 bridgehead atoms. The van der Waals surface area contributed by atoms with Gasteiger partial charge in [0.15, 0.2) is 5.16 Å². The van der Waals surface area contributed by atoms with Crippen molar-refractivity contribution in [2.75, 3.05) is 0 Å². The average molecular weight is 295 g/mol. The van der Waals surface area contributed by atoms with E-state index in [2.05, 4.69) is 60.4 Å². The van der Waals surface area contributed by atoms with E-state index in [4.69, 9.17) is 0 Å². The van der Waals surface area contributed by atoms with Crippen molar-refractivity contribution in [1.82, 2.24) is 14.8 Å². The van der Waals surface area contributed by atoms with Crippen molar-refractivity contribution in [3.8, 4) is 5.69 Å². The number of aryl methyl sites for hydroxylation is 2. The molecule has 3 aromatic rings. The largest absolute Gasteiger partial charge is 0.276 e. The predicted octanol–water partition coefficient (Wildman–Crippen LogP) is 4.18. The summed E-state index contributed by atoms with van der Waals surface area (Å²) < 4.78 is 2.05. The van der Waals surface area contributed by atoms with Gasteiger partial charge in [0.25, 0.3) is 0 Å². The Kier molecular flexibility index (Phi) is 4.06. The van der Waals surface area contributed by atoms with E-state index < -0.39 is 0 Å². The third kappa shape index (κ3) is 3.16. The Morgan fingerprint density at radius 3 is 2.52 bits per heavy atom. The first-order valence-electron chi connectivity index (χ1n) is 6.88. The number of nitrogens with zero attached hydrogens (tertiary/aromatic N) is 3. The number of hydrogen-bond acceptors (Lipinski definition) is 3. The lowest BCUT2D eigenvalue weighted by Gasteiger charge is -2.09. The van der Waals surface area contributed by atoms with E-state index in [0.717, 1.165) is 16.6 Å². The molecule has 3 rings (SSSR count). The van der Waals surface area contributed by atoms with Crippen LogP contribution in [0.15, 0.2) is 60.0 Å². The van der Waals surface area contributed by atoms with Gasteiger partial charge in [-0.2, -0.15) is 0 Å². The molecule has 0 amide bonds. The highest BCUT2D eigenvalue weighted by atomic mass is 32.2. The van der Waals surface area contributed by atoms with Gasteiger partial charge in [0.05, 0.1) is 5.69 Å². The Labute approximate surface area is 129 Å². The molecule has 21 heavy (non-hydrogen) atoms. The molecule has 0 atom stereocenters. The number of hydrogen-bond donors (Lipinski definition) is 0. The molecule has 1 aromatic heterocycles. The fourth-order valence-corrected chi connectivity index (χ4v) is 3.03. The maximum Gasteiger partial charge on any atom is 0.195 e. The zero-order valence-electron chi connectivity index (χ0n) is 12.2. The molecule has 106 valence electrons. The van der Waals surface area contributed by atoms with Crippen LogP contribution in [0.1, 0.15) is 16.7 Å². The van der Waals surface area contributed by atoms with Crippen molar-refractivity contribution in [2.45, 2.75) is 24.8 Å². The summed E-state index contributed by atoms with van der Waals surface area (Å²) in [4.78, 5) is 0. The highest BCUT2D eigenvalue weighted by Crippen LogP contribution is 2.24. The van der Waals surface area contributed by atoms with Gasteiger partial charge in [0, 0.05) is 5.75 Å². The van der Waals surface area contributed by atoms with E-state index in [0.29, 0.717) is 0 Å². The molecule has 0 aliphatic carbocycles. The minimum Gasteiger partial charge on any atom is -0.276 e. The van der Waals surface area contributed by atoms with Gasteiger partial charge < -0.3 is 0 Å². The number of thioether (sulfide) groups is 1. The van der Waals surface area contributed by atoms with E-state index in [1.807, 2.05) is 16.7 Å². The summed E-state index contributed by atoms with van der Waals surface area (Å²) >= 11 is 1.71. The van der Waals surface area contributed by atoms with Gasteiger partial charge in [-0.05, 0) is 31.0 Å². The van der Waals surface area contributed by atoms with Gasteiger partial charge in [-0.15, -0.1) is 10.2 Å². The maximum atomic E-state index is 4.24. The lowest BCUT2D eigenvalue weighted by Crippen LogP contribution is -1.97. The standard InChI is InChI=1S/C17H17N3S/c1-13-7-9-15(10-8-13)11-21-17-19-18-12-20(17)16-6-4-3-5-14(16)2/h3-10,12H,11H2,1-2H3. The lowest BCUT2D eigenvalue weighted by molar-refractivity contribution is 0.878. The van der Waals surface area contributed by atoms with Crippen LogP contribution < -0.4 is 0 Å². The Morgan fingerprint density at radius 1 is 1.00 bits per heavy atom. The fourth-order valence-electron chi connectivity index (χ4n) is 2.15. The van der Waals surface area contributed by atoms with Gasteiger partial charge in [0.2, 0.25) is 0 Å². The third-order valence-corrected chi connectivity index (χ3v) is 4.39. The van der Waals surface area contributed by atoms with Crippen LogP contribution in [0.4, 0.5) is 0 Å². The van der Waals surface area contributed by atoms with Crippen LogP contribution >= 0.6 is 11.8 Å². The Morgan fingerprint density at radius 2 is 1.76 bits per heavy atom. The molecule has 0 fully saturated rings. The van der Waals surface area contributed by atoms with Crippen LogP contribution in [-0.4, -0.2) is 14.8 Å². The van der Waals surface area contributed by atoms with E-state index >= 15 is 0 Å². The van der Waals surface area contributed by atoms with Crippen molar-refractivity contribution in [1.29, 1.82) is 0 Å². The zero-order valence-corrected chi connectivity index (χ0v) is 13.0. The third-order valence-electron chi connectivity index (χ3n) is 3.38. The highest BCUT2D eigenvalue weighted by Gasteiger charge is 2.09. The van der Waals surface area contributed by atoms with E-state index in [1.54, 1.807) is 18.1 Å². The summed E-state index contributed by atoms with van der Waals surface area (Å²) in [6.07, 6.45) is 1.78. The number of para-hydroxylation sites is 1. The van der Waals surface area contributed by atoms with E-state index in [-0.39, 0.29) is 0 Å². The van der Waals surface area contributed by atoms with Gasteiger partial charge >= 0.3 is 0 Å². The summed E-state index contributed by atoms with van der Waals surface area (Å²) in [6.45, 7) is 4.20. The normalized spacial score (nSPS) is 10.8. The number of aromatic nitrogens is 3. The maximum absolute atomic E-state index is 4.24. The van der Waals surface area contributed by atoms with Gasteiger partial charge in [0.1, 0.15) is 6.33 Å². The van der Waals surface area contributed by atoms with E-state index in [1.165, 1.54) is 16.7 Å². The minimum absolute atomic E-state index is 0.894. The molecule has 1 heterocycles. The summed E-state index contributed by atoms with van der Waals surface area (Å²) in [5, 5.41) is 9.22. The van der Waals surface area contributed by atoms with Gasteiger partial charge in [-0.1, -0.05) is 59.8 Å². The van der Waals surface area contributed by atoms with Crippen LogP contribution in [0.2, 0.25) is 0 Å². The molecule has 0 radical (unpaired) electrons. The SMILES string of the molecule is Cc1ccc(CSc2nncn2-c2ccccc2C)cc1. The van der Waals surface area contributed by atoms with Crippen LogP contribution in [0.5, 0.6) is 0 Å². The molecule has 4 heteroatoms. The summed E-state index contributed by atoms with van der Waals surface area (Å²) in [7, 11) is 0. The topological polar surface area (TPSA) is 30.7 Å². The zero-order chi connectivity index (χ0) is 14.7. The number of rotatable bonds is 4. The Hall–Kier alpha value is -2.07. The molecule has 0 saturated heterocycles. The number of benzene rings is 2. The summed E-state index contributed by atoms with van der Waals surface area (Å²) in [6, 6.07) is 16.9. The molecule has 2 aromatic carbocycles. The fraction of sp³-hybridized carbons (Fsp3) is 0.176. The first-order valence-corrected chi connectivity index (χ1v) is 7.87. The van der Waals surface area contributed by atoms with Crippen molar-refractivity contribution in [3.63, 3.8) is 0 Å². The van der Waals surface area contributed by atoms with Crippen molar-refractivity contribution in [3.05, 3.63) is 71.5 Å². The molecular weight excluding hydrogens is 278 g/mol. The average Bonchev–Trinajstić information content (AvgIpc) is 2.95. The van der Waals surface area contributed by atoms with Crippen LogP contribution in [0.25, 0.3) is 5.69 Å². The molecule has 0 unspecified atom stereocenters. The molecule has 0 saturated carbocycles. The first kappa shape index (κ1) is 13.9. The summed E-state index contributed by atoms with van der Waals surface area (Å²) in [5.74, 6) is 0.894. The van der Waals surface area contributed by atoms with E-state index in [9.17, 15) is 0 Å². The van der Waals surface area contributed by atoms with Crippen LogP contribution in [0, 0.1) is 13.8 Å². The Balaban J connectivity index is 1.80. The quantitative estimate of drug-likeness (QED) is 0.677. The van der Waals surface area contributed by atoms with Crippen molar-refractivity contribution < 1.29 is 0 Å². The first-order chi connectivity index (χ1) is 10.2. The van der Waals surface area contributed by atoms with Crippen LogP contribution in [-0.2, 0) is 5.75 Å². The summed E-state index contributed by atoms with van der Waals surface area (Å²) in [5.41, 5.74) is 4.93.